The number of hydrogen-bond donors (Lipinski definition) is 0. The van der Waals surface area contributed by atoms with Crippen molar-refractivity contribution in [3.05, 3.63) is 153 Å². The average Bonchev–Trinajstić information content (AvgIpc) is 3.72. The smallest absolute Gasteiger partial charge is 0.0640 e. The van der Waals surface area contributed by atoms with Gasteiger partial charge in [0.1, 0.15) is 0 Å². The van der Waals surface area contributed by atoms with Gasteiger partial charge >= 0.3 is 151 Å². The number of allylic oxidation sites excluding steroid dienone is 4. The molecule has 0 radical (unpaired) electrons. The molecule has 0 nitrogen and oxygen atoms in total. The molecule has 2 aliphatic carbocycles. The first-order valence-electron chi connectivity index (χ1n) is 21.1. The Morgan fingerprint density at radius 3 is 1.38 bits per heavy atom. The van der Waals surface area contributed by atoms with E-state index in [0.29, 0.717) is 11.3 Å². The molecule has 312 valence electrons. The van der Waals surface area contributed by atoms with Gasteiger partial charge in [-0.05, 0) is 17.4 Å². The minimum Gasteiger partial charge on any atom is -1.00 e. The van der Waals surface area contributed by atoms with E-state index >= 15 is 0 Å². The normalized spacial score (nSPS) is 14.9. The summed E-state index contributed by atoms with van der Waals surface area (Å²) in [5.41, 5.74) is 17.9. The molecule has 1 unspecified atom stereocenters. The Labute approximate surface area is 383 Å². The fourth-order valence-electron chi connectivity index (χ4n) is 7.29. The van der Waals surface area contributed by atoms with Crippen LogP contribution in [0.2, 0.25) is 0 Å². The van der Waals surface area contributed by atoms with Gasteiger partial charge in [0, 0.05) is 0 Å². The summed E-state index contributed by atoms with van der Waals surface area (Å²) in [6.45, 7) is 38.5. The molecule has 58 heavy (non-hydrogen) atoms. The molecule has 0 fully saturated rings. The average molecular weight is 895 g/mol. The molecule has 1 atom stereocenters. The Morgan fingerprint density at radius 2 is 1.00 bits per heavy atom. The summed E-state index contributed by atoms with van der Waals surface area (Å²) in [6, 6.07) is 33.2. The van der Waals surface area contributed by atoms with Gasteiger partial charge in [0.15, 0.2) is 0 Å². The van der Waals surface area contributed by atoms with E-state index in [4.69, 9.17) is 0 Å². The number of halogens is 2. The van der Waals surface area contributed by atoms with E-state index in [0.717, 1.165) is 12.8 Å². The fourth-order valence-corrected chi connectivity index (χ4v) is 8.10. The molecule has 0 aromatic heterocycles. The Hall–Kier alpha value is -2.31. The van der Waals surface area contributed by atoms with Crippen LogP contribution in [0.5, 0.6) is 0 Å². The van der Waals surface area contributed by atoms with Crippen LogP contribution in [0.4, 0.5) is 0 Å². The van der Waals surface area contributed by atoms with Crippen molar-refractivity contribution in [2.24, 2.45) is 11.3 Å². The first-order chi connectivity index (χ1) is 25.7. The van der Waals surface area contributed by atoms with E-state index in [9.17, 15) is 0 Å². The van der Waals surface area contributed by atoms with Gasteiger partial charge < -0.3 is 24.8 Å². The summed E-state index contributed by atoms with van der Waals surface area (Å²) in [5.74, 6) is 0.573. The van der Waals surface area contributed by atoms with Gasteiger partial charge in [-0.15, -0.1) is 5.56 Å². The molecule has 6 rings (SSSR count). The Balaban J connectivity index is 0.000000305. The molecule has 0 amide bonds. The van der Waals surface area contributed by atoms with Crippen molar-refractivity contribution in [3.8, 4) is 11.1 Å². The quantitative estimate of drug-likeness (QED) is 0.158. The number of fused-ring (bicyclic) bond motifs is 3. The van der Waals surface area contributed by atoms with Gasteiger partial charge in [-0.3, -0.25) is 6.08 Å². The summed E-state index contributed by atoms with van der Waals surface area (Å²) in [7, 11) is 0. The fraction of sp³-hybridized carbons (Fsp3) is 0.473. The number of hydrogen-bond acceptors (Lipinski definition) is 0. The maximum absolute atomic E-state index is 3.57. The molecule has 0 N–H and O–H groups in total. The van der Waals surface area contributed by atoms with Crippen LogP contribution in [-0.2, 0) is 52.3 Å². The zero-order valence-electron chi connectivity index (χ0n) is 39.0. The van der Waals surface area contributed by atoms with Gasteiger partial charge in [-0.25, -0.2) is 5.57 Å². The second kappa shape index (κ2) is 20.0. The summed E-state index contributed by atoms with van der Waals surface area (Å²) in [4.78, 5) is 0. The van der Waals surface area contributed by atoms with Crippen molar-refractivity contribution in [1.29, 1.82) is 0 Å². The Kier molecular flexibility index (Phi) is 17.9. The molecule has 0 spiro atoms. The molecule has 0 saturated heterocycles. The predicted molar refractivity (Wildman–Crippen MR) is 243 cm³/mol. The van der Waals surface area contributed by atoms with E-state index in [1.54, 1.807) is 0 Å². The number of benzene rings is 4. The van der Waals surface area contributed by atoms with Crippen LogP contribution in [0.15, 0.2) is 96.1 Å². The van der Waals surface area contributed by atoms with Crippen LogP contribution >= 0.6 is 0 Å². The van der Waals surface area contributed by atoms with Gasteiger partial charge in [0.2, 0.25) is 0 Å². The third-order valence-electron chi connectivity index (χ3n) is 11.3. The zero-order chi connectivity index (χ0) is 42.0. The monoisotopic (exact) mass is 892 g/mol. The van der Waals surface area contributed by atoms with Crippen LogP contribution in [-0.4, -0.2) is 3.21 Å². The van der Waals surface area contributed by atoms with E-state index in [2.05, 4.69) is 215 Å². The molecule has 2 aliphatic rings. The Bertz CT molecular complexity index is 1920. The van der Waals surface area contributed by atoms with Gasteiger partial charge in [0.05, 0.1) is 0 Å². The minimum absolute atomic E-state index is 0. The molecular weight excluding hydrogens is 823 g/mol. The third-order valence-corrected chi connectivity index (χ3v) is 12.7. The molecule has 4 aromatic carbocycles. The summed E-state index contributed by atoms with van der Waals surface area (Å²) in [6.07, 6.45) is 9.31. The summed E-state index contributed by atoms with van der Waals surface area (Å²) < 4.78 is 1.42. The van der Waals surface area contributed by atoms with Crippen molar-refractivity contribution >= 4 is 3.21 Å². The first-order valence-corrected chi connectivity index (χ1v) is 22.3. The standard InChI is InChI=1S/C21H25.C21H26.C13H21.2ClH.Zr/c1-20(2,3)16-9-7-14-11-15-8-10-17(21(4,5)6)13-19(15)18(14)12-16;1-20(2,3)18-11-7-16(8-12-18)15-17-9-13-19(14-10-17)21(4,5)6;1-6-10-8-11(7-2)12(9-10)13(3,4)5;;;/h7,9-10,12-13H,11H2,1-6H3;7-14H,1-6H3;9-10H,6-7H2,1-5H3;2*1H;/q-1;;-1;;;+2/p-2. The largest absolute Gasteiger partial charge is 1.00 e. The maximum atomic E-state index is 3.57. The van der Waals surface area contributed by atoms with E-state index in [1.165, 1.54) is 101 Å². The second-order valence-corrected chi connectivity index (χ2v) is 22.4. The molecule has 0 bridgehead atoms. The van der Waals surface area contributed by atoms with Crippen LogP contribution in [0.3, 0.4) is 0 Å². The van der Waals surface area contributed by atoms with Gasteiger partial charge in [-0.2, -0.15) is 41.0 Å². The van der Waals surface area contributed by atoms with E-state index in [1.807, 2.05) is 0 Å². The molecule has 0 heterocycles. The van der Waals surface area contributed by atoms with Gasteiger partial charge in [-0.1, -0.05) is 135 Å². The SMILES string of the molecule is CC(C)(C)c1c[c-]c2c(c1)-c1cc(C(C)(C)C)ccc1C2.CC(C)(C)c1ccc([C](=[Zr+2])c2ccc(C(C)(C)C)cc2)cc1.CCC1=[C-]C(CC)C=C1C(C)(C)C.[Cl-].[Cl-]. The molecule has 4 aromatic rings. The van der Waals surface area contributed by atoms with Crippen LogP contribution in [0.25, 0.3) is 11.1 Å². The van der Waals surface area contributed by atoms with Crippen molar-refractivity contribution in [1.82, 2.24) is 0 Å². The second-order valence-electron chi connectivity index (χ2n) is 21.2. The zero-order valence-corrected chi connectivity index (χ0v) is 43.0. The van der Waals surface area contributed by atoms with Crippen LogP contribution < -0.4 is 24.8 Å². The maximum Gasteiger partial charge on any atom is -0.0640 e. The molecule has 0 saturated carbocycles. The molecule has 3 heteroatoms. The van der Waals surface area contributed by atoms with Crippen molar-refractivity contribution in [2.45, 2.75) is 159 Å². The third kappa shape index (κ3) is 13.3. The summed E-state index contributed by atoms with van der Waals surface area (Å²) >= 11 is 1.46. The van der Waals surface area contributed by atoms with E-state index in [-0.39, 0.29) is 46.5 Å². The van der Waals surface area contributed by atoms with Crippen molar-refractivity contribution in [3.63, 3.8) is 0 Å². The van der Waals surface area contributed by atoms with E-state index < -0.39 is 0 Å². The van der Waals surface area contributed by atoms with Crippen LogP contribution in [0, 0.1) is 23.5 Å². The molecular formula is C55H72Cl2Zr-2. The predicted octanol–water partition coefficient (Wildman–Crippen LogP) is 9.20. The van der Waals surface area contributed by atoms with Crippen molar-refractivity contribution in [2.75, 3.05) is 0 Å². The Morgan fingerprint density at radius 1 is 0.569 bits per heavy atom. The summed E-state index contributed by atoms with van der Waals surface area (Å²) in [5, 5.41) is 0. The van der Waals surface area contributed by atoms with Crippen molar-refractivity contribution < 1.29 is 49.0 Å². The minimum atomic E-state index is 0. The molecule has 0 aliphatic heterocycles. The van der Waals surface area contributed by atoms with Gasteiger partial charge in [0.25, 0.3) is 0 Å². The van der Waals surface area contributed by atoms with Crippen LogP contribution in [0.1, 0.15) is 175 Å². The first kappa shape index (κ1) is 51.8. The topological polar surface area (TPSA) is 0 Å². The number of rotatable bonds is 4.